The highest BCUT2D eigenvalue weighted by Crippen LogP contribution is 2.24. The fourth-order valence-corrected chi connectivity index (χ4v) is 2.32. The van der Waals surface area contributed by atoms with Crippen molar-refractivity contribution in [3.8, 4) is 28.5 Å². The van der Waals surface area contributed by atoms with Gasteiger partial charge in [-0.2, -0.15) is 5.26 Å². The third-order valence-corrected chi connectivity index (χ3v) is 3.49. The van der Waals surface area contributed by atoms with Crippen LogP contribution in [0.3, 0.4) is 0 Å². The second-order valence-electron chi connectivity index (χ2n) is 4.89. The number of nitrogen functional groups attached to an aromatic ring is 1. The summed E-state index contributed by atoms with van der Waals surface area (Å²) in [5.41, 5.74) is 3.45. The van der Waals surface area contributed by atoms with E-state index in [1.807, 2.05) is 36.4 Å². The fourth-order valence-electron chi connectivity index (χ4n) is 2.32. The van der Waals surface area contributed by atoms with Gasteiger partial charge in [-0.15, -0.1) is 0 Å². The molecule has 4 nitrogen and oxygen atoms in total. The molecule has 0 fully saturated rings. The summed E-state index contributed by atoms with van der Waals surface area (Å²) < 4.78 is 1.12. The molecular formula is C18H13N3O. The van der Waals surface area contributed by atoms with E-state index in [1.54, 1.807) is 24.3 Å². The van der Waals surface area contributed by atoms with E-state index in [-0.39, 0.29) is 5.56 Å². The first kappa shape index (κ1) is 13.7. The van der Waals surface area contributed by atoms with Crippen LogP contribution in [-0.2, 0) is 0 Å². The molecule has 0 saturated carbocycles. The number of nitrogens with zero attached hydrogens (tertiary/aromatic N) is 2. The van der Waals surface area contributed by atoms with Gasteiger partial charge in [0.25, 0.3) is 5.56 Å². The minimum Gasteiger partial charge on any atom is -0.336 e. The normalized spacial score (nSPS) is 10.1. The Morgan fingerprint density at radius 3 is 2.18 bits per heavy atom. The molecule has 0 bridgehead atoms. The number of aromatic nitrogens is 1. The van der Waals surface area contributed by atoms with E-state index < -0.39 is 0 Å². The summed E-state index contributed by atoms with van der Waals surface area (Å²) in [5, 5.41) is 8.86. The Kier molecular flexibility index (Phi) is 3.47. The van der Waals surface area contributed by atoms with Crippen molar-refractivity contribution in [1.29, 1.82) is 5.26 Å². The quantitative estimate of drug-likeness (QED) is 0.737. The molecule has 0 atom stereocenters. The van der Waals surface area contributed by atoms with Crippen LogP contribution in [0, 0.1) is 11.3 Å². The van der Waals surface area contributed by atoms with Crippen molar-refractivity contribution in [2.75, 3.05) is 5.84 Å². The maximum absolute atomic E-state index is 12.1. The number of pyridine rings is 1. The number of rotatable bonds is 2. The van der Waals surface area contributed by atoms with E-state index in [0.29, 0.717) is 11.3 Å². The Hall–Kier alpha value is -3.32. The van der Waals surface area contributed by atoms with Gasteiger partial charge >= 0.3 is 0 Å². The van der Waals surface area contributed by atoms with Gasteiger partial charge in [0.05, 0.1) is 17.3 Å². The first-order valence-corrected chi connectivity index (χ1v) is 6.77. The van der Waals surface area contributed by atoms with E-state index in [2.05, 4.69) is 6.07 Å². The van der Waals surface area contributed by atoms with Gasteiger partial charge in [0.1, 0.15) is 0 Å². The standard InChI is InChI=1S/C18H13N3O/c19-12-13-6-8-15(9-7-13)17-10-16(11-18(22)21(17)20)14-4-2-1-3-5-14/h1-11H,20H2. The van der Waals surface area contributed by atoms with Crippen molar-refractivity contribution in [3.05, 3.63) is 82.6 Å². The molecule has 2 aromatic carbocycles. The lowest BCUT2D eigenvalue weighted by Crippen LogP contribution is -2.28. The molecule has 3 rings (SSSR count). The largest absolute Gasteiger partial charge is 0.336 e. The Balaban J connectivity index is 2.17. The highest BCUT2D eigenvalue weighted by molar-refractivity contribution is 5.71. The molecule has 1 heterocycles. The predicted octanol–water partition coefficient (Wildman–Crippen LogP) is 2.77. The Morgan fingerprint density at radius 1 is 0.864 bits per heavy atom. The fraction of sp³-hybridized carbons (Fsp3) is 0. The summed E-state index contributed by atoms with van der Waals surface area (Å²) in [6, 6.07) is 22.1. The minimum absolute atomic E-state index is 0.277. The van der Waals surface area contributed by atoms with Crippen LogP contribution in [0.1, 0.15) is 5.56 Å². The van der Waals surface area contributed by atoms with Crippen LogP contribution in [0.2, 0.25) is 0 Å². The summed E-state index contributed by atoms with van der Waals surface area (Å²) in [4.78, 5) is 12.1. The van der Waals surface area contributed by atoms with Gasteiger partial charge in [-0.3, -0.25) is 4.79 Å². The lowest BCUT2D eigenvalue weighted by molar-refractivity contribution is 0.948. The summed E-state index contributed by atoms with van der Waals surface area (Å²) in [7, 11) is 0. The molecule has 106 valence electrons. The third-order valence-electron chi connectivity index (χ3n) is 3.49. The van der Waals surface area contributed by atoms with Crippen LogP contribution in [0.5, 0.6) is 0 Å². The smallest absolute Gasteiger partial charge is 0.269 e. The molecule has 0 aliphatic heterocycles. The molecular weight excluding hydrogens is 274 g/mol. The summed E-state index contributed by atoms with van der Waals surface area (Å²) in [6.07, 6.45) is 0. The van der Waals surface area contributed by atoms with Crippen LogP contribution in [-0.4, -0.2) is 4.68 Å². The highest BCUT2D eigenvalue weighted by atomic mass is 16.1. The third kappa shape index (κ3) is 2.48. The van der Waals surface area contributed by atoms with Gasteiger partial charge in [-0.25, -0.2) is 4.68 Å². The van der Waals surface area contributed by atoms with Crippen molar-refractivity contribution < 1.29 is 0 Å². The van der Waals surface area contributed by atoms with Crippen molar-refractivity contribution >= 4 is 0 Å². The zero-order valence-corrected chi connectivity index (χ0v) is 11.7. The summed E-state index contributed by atoms with van der Waals surface area (Å²) >= 11 is 0. The summed E-state index contributed by atoms with van der Waals surface area (Å²) in [5.74, 6) is 5.87. The van der Waals surface area contributed by atoms with Crippen molar-refractivity contribution in [3.63, 3.8) is 0 Å². The maximum Gasteiger partial charge on any atom is 0.269 e. The molecule has 1 aromatic heterocycles. The average molecular weight is 287 g/mol. The average Bonchev–Trinajstić information content (AvgIpc) is 2.58. The minimum atomic E-state index is -0.277. The Morgan fingerprint density at radius 2 is 1.55 bits per heavy atom. The molecule has 22 heavy (non-hydrogen) atoms. The lowest BCUT2D eigenvalue weighted by Gasteiger charge is -2.11. The van der Waals surface area contributed by atoms with E-state index >= 15 is 0 Å². The number of nitrogens with two attached hydrogens (primary N) is 1. The van der Waals surface area contributed by atoms with Gasteiger partial charge in [0.2, 0.25) is 0 Å². The van der Waals surface area contributed by atoms with Crippen molar-refractivity contribution in [2.45, 2.75) is 0 Å². The van der Waals surface area contributed by atoms with Gasteiger partial charge < -0.3 is 5.84 Å². The first-order valence-electron chi connectivity index (χ1n) is 6.77. The van der Waals surface area contributed by atoms with Gasteiger partial charge in [-0.05, 0) is 29.3 Å². The van der Waals surface area contributed by atoms with E-state index in [9.17, 15) is 4.79 Å². The Bertz CT molecular complexity index is 904. The van der Waals surface area contributed by atoms with Gasteiger partial charge in [0, 0.05) is 11.6 Å². The number of hydrogen-bond donors (Lipinski definition) is 1. The van der Waals surface area contributed by atoms with Crippen LogP contribution in [0.25, 0.3) is 22.4 Å². The lowest BCUT2D eigenvalue weighted by atomic mass is 10.0. The SMILES string of the molecule is N#Cc1ccc(-c2cc(-c3ccccc3)cc(=O)n2N)cc1. The molecule has 0 amide bonds. The molecule has 2 N–H and O–H groups in total. The monoisotopic (exact) mass is 287 g/mol. The topological polar surface area (TPSA) is 71.8 Å². The van der Waals surface area contributed by atoms with Crippen molar-refractivity contribution in [2.24, 2.45) is 0 Å². The number of benzene rings is 2. The van der Waals surface area contributed by atoms with Gasteiger partial charge in [0.15, 0.2) is 0 Å². The van der Waals surface area contributed by atoms with Crippen LogP contribution < -0.4 is 11.4 Å². The van der Waals surface area contributed by atoms with Crippen LogP contribution in [0.15, 0.2) is 71.5 Å². The van der Waals surface area contributed by atoms with E-state index in [4.69, 9.17) is 11.1 Å². The molecule has 3 aromatic rings. The first-order chi connectivity index (χ1) is 10.7. The molecule has 0 unspecified atom stereocenters. The summed E-state index contributed by atoms with van der Waals surface area (Å²) in [6.45, 7) is 0. The van der Waals surface area contributed by atoms with Gasteiger partial charge in [-0.1, -0.05) is 42.5 Å². The maximum atomic E-state index is 12.1. The van der Waals surface area contributed by atoms with E-state index in [1.165, 1.54) is 6.07 Å². The van der Waals surface area contributed by atoms with Crippen LogP contribution in [0.4, 0.5) is 0 Å². The zero-order valence-electron chi connectivity index (χ0n) is 11.7. The highest BCUT2D eigenvalue weighted by Gasteiger charge is 2.08. The molecule has 0 spiro atoms. The molecule has 0 aliphatic carbocycles. The zero-order chi connectivity index (χ0) is 15.5. The number of hydrogen-bond acceptors (Lipinski definition) is 3. The van der Waals surface area contributed by atoms with Crippen molar-refractivity contribution in [1.82, 2.24) is 4.68 Å². The van der Waals surface area contributed by atoms with Crippen LogP contribution >= 0.6 is 0 Å². The predicted molar refractivity (Wildman–Crippen MR) is 86.4 cm³/mol. The molecule has 4 heteroatoms. The second kappa shape index (κ2) is 5.58. The molecule has 0 radical (unpaired) electrons. The number of nitriles is 1. The molecule has 0 aliphatic rings. The van der Waals surface area contributed by atoms with E-state index in [0.717, 1.165) is 21.4 Å². The Labute approximate surface area is 127 Å². The molecule has 0 saturated heterocycles. The second-order valence-corrected chi connectivity index (χ2v) is 4.89.